The number of ether oxygens (including phenoxy) is 1. The zero-order valence-electron chi connectivity index (χ0n) is 15.2. The molecule has 8 nitrogen and oxygen atoms in total. The lowest BCUT2D eigenvalue weighted by Gasteiger charge is -2.41. The molecule has 0 saturated heterocycles. The standard InChI is InChI=1S/C19H23N3O5/c1-2-26-14-6-4-13(5-7-14)18-20-16(27-22-18)9-8-15(23)21-19(10-3-11-19)12-17(24)25/h4-7H,2-3,8-12H2,1H3,(H,21,23)(H,24,25). The third kappa shape index (κ3) is 4.84. The third-order valence-corrected chi connectivity index (χ3v) is 4.66. The van der Waals surface area contributed by atoms with Crippen LogP contribution >= 0.6 is 0 Å². The highest BCUT2D eigenvalue weighted by Crippen LogP contribution is 2.35. The number of aromatic nitrogens is 2. The van der Waals surface area contributed by atoms with Gasteiger partial charge in [-0.05, 0) is 50.5 Å². The van der Waals surface area contributed by atoms with Crippen molar-refractivity contribution >= 4 is 11.9 Å². The Labute approximate surface area is 156 Å². The third-order valence-electron chi connectivity index (χ3n) is 4.66. The zero-order chi connectivity index (χ0) is 19.3. The number of carbonyl (C=O) groups is 2. The number of nitrogens with one attached hydrogen (secondary N) is 1. The van der Waals surface area contributed by atoms with Crippen LogP contribution in [0.4, 0.5) is 0 Å². The van der Waals surface area contributed by atoms with Crippen molar-refractivity contribution in [3.63, 3.8) is 0 Å². The molecule has 2 N–H and O–H groups in total. The highest BCUT2D eigenvalue weighted by atomic mass is 16.5. The number of carbonyl (C=O) groups excluding carboxylic acids is 1. The van der Waals surface area contributed by atoms with Crippen LogP contribution in [0.1, 0.15) is 44.9 Å². The summed E-state index contributed by atoms with van der Waals surface area (Å²) in [4.78, 5) is 27.5. The molecule has 1 aliphatic rings. The van der Waals surface area contributed by atoms with Crippen molar-refractivity contribution in [1.82, 2.24) is 15.5 Å². The van der Waals surface area contributed by atoms with Gasteiger partial charge >= 0.3 is 5.97 Å². The number of hydrogen-bond donors (Lipinski definition) is 2. The minimum atomic E-state index is -0.896. The second-order valence-electron chi connectivity index (χ2n) is 6.72. The van der Waals surface area contributed by atoms with Crippen molar-refractivity contribution in [2.75, 3.05) is 6.61 Å². The summed E-state index contributed by atoms with van der Waals surface area (Å²) in [6.07, 6.45) is 2.77. The second-order valence-corrected chi connectivity index (χ2v) is 6.72. The predicted molar refractivity (Wildman–Crippen MR) is 96.2 cm³/mol. The van der Waals surface area contributed by atoms with Crippen LogP contribution in [0.25, 0.3) is 11.4 Å². The lowest BCUT2D eigenvalue weighted by molar-refractivity contribution is -0.140. The molecule has 1 amide bonds. The first-order chi connectivity index (χ1) is 13.0. The summed E-state index contributed by atoms with van der Waals surface area (Å²) in [7, 11) is 0. The fraction of sp³-hybridized carbons (Fsp3) is 0.474. The van der Waals surface area contributed by atoms with Crippen LogP contribution in [0, 0.1) is 0 Å². The molecule has 1 aromatic heterocycles. The summed E-state index contributed by atoms with van der Waals surface area (Å²) in [5.41, 5.74) is 0.207. The Kier molecular flexibility index (Phi) is 5.73. The first-order valence-electron chi connectivity index (χ1n) is 9.08. The van der Waals surface area contributed by atoms with Crippen molar-refractivity contribution in [3.05, 3.63) is 30.2 Å². The van der Waals surface area contributed by atoms with Gasteiger partial charge in [0.2, 0.25) is 17.6 Å². The highest BCUT2D eigenvalue weighted by molar-refractivity contribution is 5.78. The summed E-state index contributed by atoms with van der Waals surface area (Å²) < 4.78 is 10.6. The lowest BCUT2D eigenvalue weighted by Crippen LogP contribution is -2.54. The number of aryl methyl sites for hydroxylation is 1. The SMILES string of the molecule is CCOc1ccc(-c2noc(CCC(=O)NC3(CC(=O)O)CCC3)n2)cc1. The maximum absolute atomic E-state index is 12.2. The molecule has 0 spiro atoms. The van der Waals surface area contributed by atoms with E-state index in [9.17, 15) is 9.59 Å². The molecule has 1 aromatic carbocycles. The number of carboxylic acid groups (broad SMARTS) is 1. The van der Waals surface area contributed by atoms with Crippen LogP contribution in [0.2, 0.25) is 0 Å². The Morgan fingerprint density at radius 1 is 1.30 bits per heavy atom. The average molecular weight is 373 g/mol. The van der Waals surface area contributed by atoms with E-state index in [0.29, 0.717) is 37.6 Å². The number of amides is 1. The molecule has 144 valence electrons. The van der Waals surface area contributed by atoms with E-state index in [-0.39, 0.29) is 18.7 Å². The van der Waals surface area contributed by atoms with Crippen molar-refractivity contribution in [3.8, 4) is 17.1 Å². The van der Waals surface area contributed by atoms with E-state index in [1.165, 1.54) is 0 Å². The maximum Gasteiger partial charge on any atom is 0.305 e. The van der Waals surface area contributed by atoms with Gasteiger partial charge in [0, 0.05) is 18.4 Å². The topological polar surface area (TPSA) is 115 Å². The van der Waals surface area contributed by atoms with E-state index in [1.54, 1.807) is 0 Å². The van der Waals surface area contributed by atoms with Gasteiger partial charge in [-0.25, -0.2) is 0 Å². The molecule has 2 aromatic rings. The Balaban J connectivity index is 1.53. The quantitative estimate of drug-likeness (QED) is 0.694. The number of benzene rings is 1. The molecule has 1 saturated carbocycles. The molecule has 1 aliphatic carbocycles. The van der Waals surface area contributed by atoms with Gasteiger partial charge < -0.3 is 19.7 Å². The van der Waals surface area contributed by atoms with Gasteiger partial charge in [-0.2, -0.15) is 4.98 Å². The van der Waals surface area contributed by atoms with Crippen LogP contribution in [0.5, 0.6) is 5.75 Å². The molecular weight excluding hydrogens is 350 g/mol. The summed E-state index contributed by atoms with van der Waals surface area (Å²) >= 11 is 0. The molecule has 0 atom stereocenters. The number of carboxylic acids is 1. The maximum atomic E-state index is 12.2. The Hall–Kier alpha value is -2.90. The number of aliphatic carboxylic acids is 1. The van der Waals surface area contributed by atoms with Crippen molar-refractivity contribution in [2.45, 2.75) is 51.0 Å². The fourth-order valence-electron chi connectivity index (χ4n) is 3.16. The summed E-state index contributed by atoms with van der Waals surface area (Å²) in [6.45, 7) is 2.52. The van der Waals surface area contributed by atoms with Crippen molar-refractivity contribution in [2.24, 2.45) is 0 Å². The van der Waals surface area contributed by atoms with E-state index in [2.05, 4.69) is 15.5 Å². The normalized spacial score (nSPS) is 15.0. The van der Waals surface area contributed by atoms with Gasteiger partial charge in [0.15, 0.2) is 0 Å². The Morgan fingerprint density at radius 2 is 2.04 bits per heavy atom. The molecule has 1 heterocycles. The Morgan fingerprint density at radius 3 is 2.63 bits per heavy atom. The lowest BCUT2D eigenvalue weighted by atomic mass is 9.74. The van der Waals surface area contributed by atoms with E-state index >= 15 is 0 Å². The molecule has 0 bridgehead atoms. The highest BCUT2D eigenvalue weighted by Gasteiger charge is 2.40. The van der Waals surface area contributed by atoms with Crippen LogP contribution in [-0.2, 0) is 16.0 Å². The van der Waals surface area contributed by atoms with Gasteiger partial charge in [-0.1, -0.05) is 5.16 Å². The fourth-order valence-corrected chi connectivity index (χ4v) is 3.16. The zero-order valence-corrected chi connectivity index (χ0v) is 15.2. The summed E-state index contributed by atoms with van der Waals surface area (Å²) in [6, 6.07) is 7.36. The van der Waals surface area contributed by atoms with Gasteiger partial charge in [0.25, 0.3) is 0 Å². The monoisotopic (exact) mass is 373 g/mol. The molecule has 0 unspecified atom stereocenters. The first-order valence-corrected chi connectivity index (χ1v) is 9.08. The van der Waals surface area contributed by atoms with Crippen LogP contribution in [-0.4, -0.2) is 39.3 Å². The minimum Gasteiger partial charge on any atom is -0.494 e. The average Bonchev–Trinajstić information content (AvgIpc) is 3.07. The molecule has 8 heteroatoms. The molecular formula is C19H23N3O5. The largest absolute Gasteiger partial charge is 0.494 e. The van der Waals surface area contributed by atoms with Gasteiger partial charge in [0.05, 0.1) is 18.6 Å². The molecule has 0 radical (unpaired) electrons. The van der Waals surface area contributed by atoms with Gasteiger partial charge in [-0.3, -0.25) is 9.59 Å². The van der Waals surface area contributed by atoms with E-state index < -0.39 is 11.5 Å². The minimum absolute atomic E-state index is 0.0405. The van der Waals surface area contributed by atoms with E-state index in [0.717, 1.165) is 17.7 Å². The number of hydrogen-bond acceptors (Lipinski definition) is 6. The van der Waals surface area contributed by atoms with Crippen LogP contribution in [0.3, 0.4) is 0 Å². The molecule has 1 fully saturated rings. The van der Waals surface area contributed by atoms with Gasteiger partial charge in [0.1, 0.15) is 5.75 Å². The van der Waals surface area contributed by atoms with Crippen molar-refractivity contribution < 1.29 is 24.0 Å². The molecule has 0 aliphatic heterocycles. The summed E-state index contributed by atoms with van der Waals surface area (Å²) in [5, 5.41) is 15.8. The van der Waals surface area contributed by atoms with E-state index in [1.807, 2.05) is 31.2 Å². The van der Waals surface area contributed by atoms with Crippen molar-refractivity contribution in [1.29, 1.82) is 0 Å². The van der Waals surface area contributed by atoms with Gasteiger partial charge in [-0.15, -0.1) is 0 Å². The predicted octanol–water partition coefficient (Wildman–Crippen LogP) is 2.58. The van der Waals surface area contributed by atoms with E-state index in [4.69, 9.17) is 14.4 Å². The number of nitrogens with zero attached hydrogens (tertiary/aromatic N) is 2. The Bertz CT molecular complexity index is 796. The molecule has 27 heavy (non-hydrogen) atoms. The van der Waals surface area contributed by atoms with Crippen LogP contribution in [0.15, 0.2) is 28.8 Å². The number of rotatable bonds is 9. The smallest absolute Gasteiger partial charge is 0.305 e. The first kappa shape index (κ1) is 18.9. The summed E-state index contributed by atoms with van der Waals surface area (Å²) in [5.74, 6) is 0.501. The molecule has 3 rings (SSSR count). The van der Waals surface area contributed by atoms with Crippen LogP contribution < -0.4 is 10.1 Å². The second kappa shape index (κ2) is 8.20.